The monoisotopic (exact) mass is 277 g/mol. The third kappa shape index (κ3) is 3.84. The molecule has 2 fully saturated rings. The third-order valence-corrected chi connectivity index (χ3v) is 4.37. The molecule has 1 N–H and O–H groups in total. The first-order valence-corrected chi connectivity index (χ1v) is 8.08. The van der Waals surface area contributed by atoms with Gasteiger partial charge in [-0.2, -0.15) is 0 Å². The molecule has 1 saturated carbocycles. The molecule has 1 aliphatic heterocycles. The maximum atomic E-state index is 5.70. The molecule has 20 heavy (non-hydrogen) atoms. The van der Waals surface area contributed by atoms with E-state index in [0.29, 0.717) is 0 Å². The van der Waals surface area contributed by atoms with Gasteiger partial charge >= 0.3 is 0 Å². The van der Waals surface area contributed by atoms with Crippen LogP contribution in [0.15, 0.2) is 16.7 Å². The Labute approximate surface area is 122 Å². The van der Waals surface area contributed by atoms with Crippen molar-refractivity contribution in [3.8, 4) is 0 Å². The quantitative estimate of drug-likeness (QED) is 0.827. The zero-order chi connectivity index (χ0) is 13.8. The van der Waals surface area contributed by atoms with Crippen molar-refractivity contribution in [1.82, 2.24) is 15.1 Å². The SMILES string of the molecule is CCCN1CCN(Cc2occc2CNC2CC2)CC1. The fourth-order valence-electron chi connectivity index (χ4n) is 2.90. The summed E-state index contributed by atoms with van der Waals surface area (Å²) in [4.78, 5) is 5.08. The van der Waals surface area contributed by atoms with Gasteiger partial charge < -0.3 is 14.6 Å². The van der Waals surface area contributed by atoms with E-state index in [4.69, 9.17) is 4.42 Å². The average molecular weight is 277 g/mol. The number of nitrogens with zero attached hydrogens (tertiary/aromatic N) is 2. The molecule has 0 spiro atoms. The second-order valence-corrected chi connectivity index (χ2v) is 6.14. The van der Waals surface area contributed by atoms with Crippen LogP contribution in [0, 0.1) is 0 Å². The molecular weight excluding hydrogens is 250 g/mol. The Morgan fingerprint density at radius 1 is 1.20 bits per heavy atom. The Balaban J connectivity index is 1.46. The molecule has 0 bridgehead atoms. The van der Waals surface area contributed by atoms with Crippen molar-refractivity contribution in [3.05, 3.63) is 23.7 Å². The van der Waals surface area contributed by atoms with Crippen molar-refractivity contribution in [1.29, 1.82) is 0 Å². The number of rotatable bonds is 7. The molecule has 1 aliphatic carbocycles. The Hall–Kier alpha value is -0.840. The van der Waals surface area contributed by atoms with Crippen LogP contribution in [0.4, 0.5) is 0 Å². The highest BCUT2D eigenvalue weighted by atomic mass is 16.3. The summed E-state index contributed by atoms with van der Waals surface area (Å²) in [5.41, 5.74) is 1.34. The minimum Gasteiger partial charge on any atom is -0.468 e. The first-order chi connectivity index (χ1) is 9.85. The van der Waals surface area contributed by atoms with Gasteiger partial charge in [-0.1, -0.05) is 6.92 Å². The number of piperazine rings is 1. The minimum absolute atomic E-state index is 0.760. The zero-order valence-corrected chi connectivity index (χ0v) is 12.6. The fraction of sp³-hybridized carbons (Fsp3) is 0.750. The summed E-state index contributed by atoms with van der Waals surface area (Å²) < 4.78 is 5.70. The van der Waals surface area contributed by atoms with Gasteiger partial charge in [-0.05, 0) is 31.9 Å². The van der Waals surface area contributed by atoms with Crippen LogP contribution in [-0.4, -0.2) is 48.6 Å². The van der Waals surface area contributed by atoms with E-state index >= 15 is 0 Å². The predicted octanol–water partition coefficient (Wildman–Crippen LogP) is 2.06. The van der Waals surface area contributed by atoms with Crippen LogP contribution in [0.3, 0.4) is 0 Å². The number of hydrogen-bond acceptors (Lipinski definition) is 4. The summed E-state index contributed by atoms with van der Waals surface area (Å²) in [6.07, 6.45) is 5.78. The number of nitrogens with one attached hydrogen (secondary N) is 1. The zero-order valence-electron chi connectivity index (χ0n) is 12.6. The molecular formula is C16H27N3O. The van der Waals surface area contributed by atoms with Crippen molar-refractivity contribution in [2.45, 2.75) is 45.3 Å². The molecule has 0 unspecified atom stereocenters. The van der Waals surface area contributed by atoms with Crippen molar-refractivity contribution in [2.75, 3.05) is 32.7 Å². The van der Waals surface area contributed by atoms with Gasteiger partial charge in [0, 0.05) is 44.3 Å². The van der Waals surface area contributed by atoms with Crippen LogP contribution >= 0.6 is 0 Å². The third-order valence-electron chi connectivity index (χ3n) is 4.37. The van der Waals surface area contributed by atoms with Crippen LogP contribution in [0.25, 0.3) is 0 Å². The number of furan rings is 1. The van der Waals surface area contributed by atoms with Crippen LogP contribution < -0.4 is 5.32 Å². The summed E-state index contributed by atoms with van der Waals surface area (Å²) in [5, 5.41) is 3.57. The molecule has 2 aliphatic rings. The highest BCUT2D eigenvalue weighted by Gasteiger charge is 2.22. The molecule has 0 radical (unpaired) electrons. The lowest BCUT2D eigenvalue weighted by atomic mass is 10.2. The maximum Gasteiger partial charge on any atom is 0.122 e. The van der Waals surface area contributed by atoms with Crippen LogP contribution in [0.5, 0.6) is 0 Å². The normalized spacial score (nSPS) is 21.4. The molecule has 0 aromatic carbocycles. The first-order valence-electron chi connectivity index (χ1n) is 8.08. The highest BCUT2D eigenvalue weighted by molar-refractivity contribution is 5.17. The Kier molecular flexibility index (Phi) is 4.76. The molecule has 3 rings (SSSR count). The van der Waals surface area contributed by atoms with Gasteiger partial charge in [0.2, 0.25) is 0 Å². The molecule has 4 nitrogen and oxygen atoms in total. The van der Waals surface area contributed by atoms with Crippen molar-refractivity contribution < 1.29 is 4.42 Å². The van der Waals surface area contributed by atoms with Gasteiger partial charge in [-0.25, -0.2) is 0 Å². The molecule has 112 valence electrons. The fourth-order valence-corrected chi connectivity index (χ4v) is 2.90. The van der Waals surface area contributed by atoms with Crippen LogP contribution in [-0.2, 0) is 13.1 Å². The molecule has 1 aromatic heterocycles. The Morgan fingerprint density at radius 3 is 2.65 bits per heavy atom. The van der Waals surface area contributed by atoms with Gasteiger partial charge in [0.1, 0.15) is 5.76 Å². The number of hydrogen-bond donors (Lipinski definition) is 1. The van der Waals surface area contributed by atoms with Crippen molar-refractivity contribution >= 4 is 0 Å². The van der Waals surface area contributed by atoms with E-state index in [1.807, 2.05) is 6.26 Å². The highest BCUT2D eigenvalue weighted by Crippen LogP contribution is 2.21. The van der Waals surface area contributed by atoms with E-state index in [9.17, 15) is 0 Å². The smallest absolute Gasteiger partial charge is 0.122 e. The summed E-state index contributed by atoms with van der Waals surface area (Å²) >= 11 is 0. The molecule has 0 amide bonds. The van der Waals surface area contributed by atoms with Gasteiger partial charge in [-0.3, -0.25) is 4.90 Å². The summed E-state index contributed by atoms with van der Waals surface area (Å²) in [6, 6.07) is 2.88. The molecule has 0 atom stereocenters. The van der Waals surface area contributed by atoms with Crippen LogP contribution in [0.1, 0.15) is 37.5 Å². The van der Waals surface area contributed by atoms with E-state index in [-0.39, 0.29) is 0 Å². The second kappa shape index (κ2) is 6.74. The summed E-state index contributed by atoms with van der Waals surface area (Å²) in [7, 11) is 0. The van der Waals surface area contributed by atoms with Crippen molar-refractivity contribution in [3.63, 3.8) is 0 Å². The standard InChI is InChI=1S/C16H27N3O/c1-2-6-18-7-9-19(10-8-18)13-16-14(5-11-20-16)12-17-15-3-4-15/h5,11,15,17H,2-4,6-10,12-13H2,1H3. The maximum absolute atomic E-state index is 5.70. The van der Waals surface area contributed by atoms with Gasteiger partial charge in [-0.15, -0.1) is 0 Å². The topological polar surface area (TPSA) is 31.6 Å². The van der Waals surface area contributed by atoms with Crippen molar-refractivity contribution in [2.24, 2.45) is 0 Å². The van der Waals surface area contributed by atoms with Gasteiger partial charge in [0.15, 0.2) is 0 Å². The molecule has 1 aromatic rings. The summed E-state index contributed by atoms with van der Waals surface area (Å²) in [5.74, 6) is 1.15. The molecule has 2 heterocycles. The average Bonchev–Trinajstić information content (AvgIpc) is 3.19. The second-order valence-electron chi connectivity index (χ2n) is 6.14. The lowest BCUT2D eigenvalue weighted by Crippen LogP contribution is -2.46. The van der Waals surface area contributed by atoms with E-state index < -0.39 is 0 Å². The minimum atomic E-state index is 0.760. The Morgan fingerprint density at radius 2 is 1.95 bits per heavy atom. The van der Waals surface area contributed by atoms with Crippen LogP contribution in [0.2, 0.25) is 0 Å². The lowest BCUT2D eigenvalue weighted by molar-refractivity contribution is 0.120. The Bertz CT molecular complexity index is 406. The predicted molar refractivity (Wildman–Crippen MR) is 80.6 cm³/mol. The largest absolute Gasteiger partial charge is 0.468 e. The molecule has 1 saturated heterocycles. The molecule has 4 heteroatoms. The van der Waals surface area contributed by atoms with E-state index in [1.54, 1.807) is 0 Å². The summed E-state index contributed by atoms with van der Waals surface area (Å²) in [6.45, 7) is 10.2. The van der Waals surface area contributed by atoms with E-state index in [0.717, 1.165) is 38.0 Å². The lowest BCUT2D eigenvalue weighted by Gasteiger charge is -2.34. The van der Waals surface area contributed by atoms with E-state index in [1.165, 1.54) is 44.5 Å². The first kappa shape index (κ1) is 14.1. The van der Waals surface area contributed by atoms with E-state index in [2.05, 4.69) is 28.1 Å². The van der Waals surface area contributed by atoms with Gasteiger partial charge in [0.05, 0.1) is 12.8 Å². The van der Waals surface area contributed by atoms with Gasteiger partial charge in [0.25, 0.3) is 0 Å².